The maximum absolute atomic E-state index is 13.5. The Morgan fingerprint density at radius 1 is 1.12 bits per heavy atom. The molecule has 9 nitrogen and oxygen atoms in total. The van der Waals surface area contributed by atoms with E-state index >= 15 is 0 Å². The lowest BCUT2D eigenvalue weighted by Crippen LogP contribution is -2.57. The van der Waals surface area contributed by atoms with E-state index in [-0.39, 0.29) is 29.7 Å². The van der Waals surface area contributed by atoms with Crippen LogP contribution < -0.4 is 5.73 Å². The number of benzene rings is 1. The van der Waals surface area contributed by atoms with Gasteiger partial charge in [-0.3, -0.25) is 14.4 Å². The fourth-order valence-electron chi connectivity index (χ4n) is 5.50. The van der Waals surface area contributed by atoms with Gasteiger partial charge in [0.2, 0.25) is 5.78 Å². The molecule has 0 spiro atoms. The third-order valence-electron chi connectivity index (χ3n) is 7.06. The van der Waals surface area contributed by atoms with Gasteiger partial charge in [0, 0.05) is 36.9 Å². The molecular formula is C24H22N2O7. The number of nitrogens with two attached hydrogens (primary N) is 1. The summed E-state index contributed by atoms with van der Waals surface area (Å²) in [7, 11) is 0. The summed E-state index contributed by atoms with van der Waals surface area (Å²) in [6, 6.07) is 6.90. The molecule has 0 aliphatic heterocycles. The summed E-state index contributed by atoms with van der Waals surface area (Å²) in [5.74, 6) is -6.25. The predicted octanol–water partition coefficient (Wildman–Crippen LogP) is 1.43. The number of hydrogen-bond acceptors (Lipinski definition) is 7. The number of nitrogens with zero attached hydrogens (tertiary/aromatic N) is 1. The molecule has 2 unspecified atom stereocenters. The summed E-state index contributed by atoms with van der Waals surface area (Å²) in [5.41, 5.74) is 3.20. The molecule has 0 fully saturated rings. The molecule has 9 heteroatoms. The molecule has 170 valence electrons. The number of fused-ring (bicyclic) bond motifs is 3. The highest BCUT2D eigenvalue weighted by Crippen LogP contribution is 2.51. The van der Waals surface area contributed by atoms with Crippen LogP contribution in [0.4, 0.5) is 0 Å². The summed E-state index contributed by atoms with van der Waals surface area (Å²) in [4.78, 5) is 38.1. The van der Waals surface area contributed by atoms with E-state index in [1.54, 1.807) is 6.07 Å². The van der Waals surface area contributed by atoms with Crippen LogP contribution in [0.15, 0.2) is 59.3 Å². The number of Topliss-reactive ketones (excluding diaryl/α,β-unsaturated/α-hetero) is 2. The predicted molar refractivity (Wildman–Crippen MR) is 114 cm³/mol. The molecule has 33 heavy (non-hydrogen) atoms. The molecule has 1 amide bonds. The molecule has 6 N–H and O–H groups in total. The summed E-state index contributed by atoms with van der Waals surface area (Å²) in [6.45, 7) is 0.470. The fourth-order valence-corrected chi connectivity index (χ4v) is 5.50. The number of aliphatic hydroxyl groups is 3. The second-order valence-corrected chi connectivity index (χ2v) is 8.86. The van der Waals surface area contributed by atoms with E-state index < -0.39 is 52.0 Å². The third-order valence-corrected chi connectivity index (χ3v) is 7.06. The number of allylic oxidation sites excluding steroid dienone is 2. The molecule has 2 aromatic rings. The quantitative estimate of drug-likeness (QED) is 0.442. The molecular weight excluding hydrogens is 428 g/mol. The van der Waals surface area contributed by atoms with Crippen LogP contribution in [-0.2, 0) is 22.6 Å². The lowest BCUT2D eigenvalue weighted by molar-refractivity contribution is -0.144. The third kappa shape index (κ3) is 2.85. The second-order valence-electron chi connectivity index (χ2n) is 8.86. The number of aliphatic hydroxyl groups excluding tert-OH is 2. The Morgan fingerprint density at radius 3 is 2.48 bits per heavy atom. The molecule has 3 atom stereocenters. The Morgan fingerprint density at radius 2 is 1.82 bits per heavy atom. The van der Waals surface area contributed by atoms with Crippen molar-refractivity contribution in [1.82, 2.24) is 4.57 Å². The van der Waals surface area contributed by atoms with Crippen LogP contribution in [0.2, 0.25) is 0 Å². The lowest BCUT2D eigenvalue weighted by atomic mass is 9.60. The number of rotatable bonds is 3. The number of hydrogen-bond donors (Lipinski definition) is 5. The van der Waals surface area contributed by atoms with Gasteiger partial charge < -0.3 is 30.7 Å². The first kappa shape index (κ1) is 21.0. The van der Waals surface area contributed by atoms with Crippen LogP contribution in [0.3, 0.4) is 0 Å². The first-order valence-electron chi connectivity index (χ1n) is 10.6. The van der Waals surface area contributed by atoms with Crippen molar-refractivity contribution in [1.29, 1.82) is 0 Å². The Bertz CT molecular complexity index is 1290. The molecule has 0 bridgehead atoms. The minimum absolute atomic E-state index is 0.0243. The van der Waals surface area contributed by atoms with Gasteiger partial charge in [-0.25, -0.2) is 0 Å². The molecule has 1 aromatic carbocycles. The summed E-state index contributed by atoms with van der Waals surface area (Å²) >= 11 is 0. The van der Waals surface area contributed by atoms with Gasteiger partial charge in [0.1, 0.15) is 22.8 Å². The van der Waals surface area contributed by atoms with Gasteiger partial charge in [0.25, 0.3) is 5.91 Å². The monoisotopic (exact) mass is 450 g/mol. The highest BCUT2D eigenvalue weighted by atomic mass is 16.3. The standard InChI is InChI=1S/C24H22N2O7/c25-23(32)19-16(28)9-13-7-12-8-14-11(10-26-5-1-2-6-26)3-4-15(27)18(14)20(29)17(12)21(30)24(13,33)22(19)31/h1-6,12-13,27-28,30,33H,7-10H2,(H2,25,32)/t12?,13?,24-/m0/s1. The smallest absolute Gasteiger partial charge is 0.255 e. The molecule has 1 aromatic heterocycles. The summed E-state index contributed by atoms with van der Waals surface area (Å²) in [6.07, 6.45) is 3.91. The average molecular weight is 450 g/mol. The highest BCUT2D eigenvalue weighted by Gasteiger charge is 2.59. The van der Waals surface area contributed by atoms with Crippen molar-refractivity contribution >= 4 is 17.5 Å². The summed E-state index contributed by atoms with van der Waals surface area (Å²) in [5, 5.41) is 43.0. The van der Waals surface area contributed by atoms with Gasteiger partial charge in [-0.15, -0.1) is 0 Å². The van der Waals surface area contributed by atoms with Crippen molar-refractivity contribution in [2.75, 3.05) is 0 Å². The van der Waals surface area contributed by atoms with Crippen LogP contribution in [0, 0.1) is 11.8 Å². The molecule has 5 rings (SSSR count). The maximum Gasteiger partial charge on any atom is 0.255 e. The van der Waals surface area contributed by atoms with Crippen molar-refractivity contribution in [2.45, 2.75) is 31.4 Å². The van der Waals surface area contributed by atoms with Gasteiger partial charge >= 0.3 is 0 Å². The highest BCUT2D eigenvalue weighted by molar-refractivity contribution is 6.24. The van der Waals surface area contributed by atoms with Gasteiger partial charge in [0.15, 0.2) is 11.4 Å². The Balaban J connectivity index is 1.64. The van der Waals surface area contributed by atoms with Crippen LogP contribution >= 0.6 is 0 Å². The number of aromatic hydroxyl groups is 1. The second kappa shape index (κ2) is 7.08. The maximum atomic E-state index is 13.5. The molecule has 3 aliphatic rings. The average Bonchev–Trinajstić information content (AvgIpc) is 3.25. The van der Waals surface area contributed by atoms with Crippen LogP contribution in [0.5, 0.6) is 5.75 Å². The van der Waals surface area contributed by atoms with Crippen molar-refractivity contribution < 1.29 is 34.8 Å². The number of aromatic nitrogens is 1. The zero-order chi connectivity index (χ0) is 23.7. The zero-order valence-corrected chi connectivity index (χ0v) is 17.5. The Kier molecular flexibility index (Phi) is 4.51. The van der Waals surface area contributed by atoms with Crippen molar-refractivity contribution in [3.8, 4) is 5.75 Å². The fraction of sp³-hybridized carbons (Fsp3) is 0.292. The lowest BCUT2D eigenvalue weighted by Gasteiger charge is -2.45. The van der Waals surface area contributed by atoms with Crippen LogP contribution in [-0.4, -0.2) is 48.1 Å². The minimum atomic E-state index is -2.55. The largest absolute Gasteiger partial charge is 0.511 e. The first-order chi connectivity index (χ1) is 15.6. The Hall–Kier alpha value is -3.85. The topological polar surface area (TPSA) is 163 Å². The zero-order valence-electron chi connectivity index (χ0n) is 17.5. The van der Waals surface area contributed by atoms with E-state index in [4.69, 9.17) is 5.73 Å². The number of phenols is 1. The van der Waals surface area contributed by atoms with E-state index in [1.807, 2.05) is 29.1 Å². The number of primary amides is 1. The normalized spacial score (nSPS) is 26.7. The van der Waals surface area contributed by atoms with Crippen LogP contribution in [0.25, 0.3) is 0 Å². The number of phenolic OH excluding ortho intramolecular Hbond substituents is 1. The number of amides is 1. The number of ketones is 2. The molecule has 1 heterocycles. The molecule has 0 saturated carbocycles. The number of carbonyl (C=O) groups excluding carboxylic acids is 3. The Labute approximate surface area is 188 Å². The van der Waals surface area contributed by atoms with E-state index in [2.05, 4.69) is 0 Å². The van der Waals surface area contributed by atoms with Gasteiger partial charge in [0.05, 0.1) is 5.56 Å². The van der Waals surface area contributed by atoms with E-state index in [1.165, 1.54) is 6.07 Å². The molecule has 0 radical (unpaired) electrons. The van der Waals surface area contributed by atoms with Crippen molar-refractivity contribution in [2.24, 2.45) is 17.6 Å². The van der Waals surface area contributed by atoms with Gasteiger partial charge in [-0.1, -0.05) is 6.07 Å². The van der Waals surface area contributed by atoms with Gasteiger partial charge in [-0.2, -0.15) is 0 Å². The first-order valence-corrected chi connectivity index (χ1v) is 10.6. The summed E-state index contributed by atoms with van der Waals surface area (Å²) < 4.78 is 1.92. The van der Waals surface area contributed by atoms with Gasteiger partial charge in [-0.05, 0) is 48.1 Å². The van der Waals surface area contributed by atoms with E-state index in [9.17, 15) is 34.8 Å². The van der Waals surface area contributed by atoms with E-state index in [0.717, 1.165) is 5.56 Å². The van der Waals surface area contributed by atoms with Crippen molar-refractivity contribution in [3.63, 3.8) is 0 Å². The minimum Gasteiger partial charge on any atom is -0.511 e. The van der Waals surface area contributed by atoms with E-state index in [0.29, 0.717) is 18.5 Å². The van der Waals surface area contributed by atoms with Crippen molar-refractivity contribution in [3.05, 3.63) is 76.0 Å². The molecule has 3 aliphatic carbocycles. The SMILES string of the molecule is NC(=O)C1=C(O)CC2CC3Cc4c(Cn5cccc5)ccc(O)c4C(=O)C3=C(O)[C@]2(O)C1=O. The van der Waals surface area contributed by atoms with Crippen LogP contribution in [0.1, 0.15) is 34.3 Å². The molecule has 0 saturated heterocycles. The number of carbonyl (C=O) groups is 3.